The second-order valence-electron chi connectivity index (χ2n) is 3.65. The number of aromatic nitrogens is 1. The van der Waals surface area contributed by atoms with Crippen molar-refractivity contribution in [2.75, 3.05) is 26.0 Å². The second-order valence-corrected chi connectivity index (χ2v) is 3.65. The van der Waals surface area contributed by atoms with Crippen LogP contribution in [0.2, 0.25) is 0 Å². The van der Waals surface area contributed by atoms with Crippen molar-refractivity contribution in [2.45, 2.75) is 0 Å². The molecule has 2 rings (SSSR count). The van der Waals surface area contributed by atoms with Crippen molar-refractivity contribution in [1.29, 1.82) is 0 Å². The molecule has 0 amide bonds. The van der Waals surface area contributed by atoms with Gasteiger partial charge in [-0.2, -0.15) is 0 Å². The van der Waals surface area contributed by atoms with Gasteiger partial charge in [0.15, 0.2) is 0 Å². The topological polar surface area (TPSA) is 20.0 Å². The van der Waals surface area contributed by atoms with Gasteiger partial charge in [0, 0.05) is 26.7 Å². The zero-order valence-electron chi connectivity index (χ0n) is 9.31. The molecular weight excluding hydrogens is 186 g/mol. The first-order valence-electron chi connectivity index (χ1n) is 4.95. The Labute approximate surface area is 89.3 Å². The zero-order valence-corrected chi connectivity index (χ0v) is 9.31. The van der Waals surface area contributed by atoms with E-state index in [1.165, 1.54) is 0 Å². The molecule has 0 N–H and O–H groups in total. The van der Waals surface area contributed by atoms with Crippen LogP contribution < -0.4 is 10.4 Å². The SMILES string of the molecule is CN=c1cccc2cccc(N(C)C)n12. The molecule has 3 heteroatoms. The summed E-state index contributed by atoms with van der Waals surface area (Å²) in [6.45, 7) is 0. The molecule has 0 aliphatic carbocycles. The van der Waals surface area contributed by atoms with Crippen LogP contribution in [0, 0.1) is 0 Å². The Morgan fingerprint density at radius 2 is 1.73 bits per heavy atom. The molecule has 0 fully saturated rings. The van der Waals surface area contributed by atoms with Crippen molar-refractivity contribution < 1.29 is 0 Å². The van der Waals surface area contributed by atoms with Gasteiger partial charge in [0.2, 0.25) is 0 Å². The monoisotopic (exact) mass is 201 g/mol. The molecule has 2 aromatic heterocycles. The van der Waals surface area contributed by atoms with Crippen molar-refractivity contribution in [3.05, 3.63) is 41.9 Å². The molecule has 2 aromatic rings. The number of nitrogens with zero attached hydrogens (tertiary/aromatic N) is 3. The highest BCUT2D eigenvalue weighted by Crippen LogP contribution is 2.11. The number of anilines is 1. The molecule has 15 heavy (non-hydrogen) atoms. The number of pyridine rings is 2. The molecule has 0 saturated carbocycles. The fraction of sp³-hybridized carbons (Fsp3) is 0.250. The molecular formula is C12H15N3. The van der Waals surface area contributed by atoms with Gasteiger partial charge in [0.05, 0.1) is 0 Å². The van der Waals surface area contributed by atoms with Crippen molar-refractivity contribution in [1.82, 2.24) is 4.40 Å². The van der Waals surface area contributed by atoms with Crippen LogP contribution in [0.5, 0.6) is 0 Å². The van der Waals surface area contributed by atoms with Crippen LogP contribution in [-0.4, -0.2) is 25.5 Å². The Hall–Kier alpha value is -1.77. The molecule has 0 atom stereocenters. The minimum absolute atomic E-state index is 0.969. The van der Waals surface area contributed by atoms with Gasteiger partial charge >= 0.3 is 0 Å². The standard InChI is InChI=1S/C12H15N3/c1-13-11-8-4-6-10-7-5-9-12(14(2)3)15(10)11/h4-9H,1-3H3. The summed E-state index contributed by atoms with van der Waals surface area (Å²) in [5.41, 5.74) is 2.13. The number of fused-ring (bicyclic) bond motifs is 1. The van der Waals surface area contributed by atoms with E-state index in [1.54, 1.807) is 0 Å². The summed E-state index contributed by atoms with van der Waals surface area (Å²) in [5.74, 6) is 1.13. The first-order valence-corrected chi connectivity index (χ1v) is 4.95. The maximum atomic E-state index is 4.28. The Morgan fingerprint density at radius 3 is 2.33 bits per heavy atom. The van der Waals surface area contributed by atoms with Crippen LogP contribution in [0.3, 0.4) is 0 Å². The smallest absolute Gasteiger partial charge is 0.133 e. The third-order valence-corrected chi connectivity index (χ3v) is 2.43. The molecule has 0 radical (unpaired) electrons. The molecule has 2 heterocycles. The van der Waals surface area contributed by atoms with Crippen molar-refractivity contribution in [2.24, 2.45) is 4.99 Å². The number of hydrogen-bond acceptors (Lipinski definition) is 2. The summed E-state index contributed by atoms with van der Waals surface area (Å²) in [6.07, 6.45) is 0. The summed E-state index contributed by atoms with van der Waals surface area (Å²) in [5, 5.41) is 0. The van der Waals surface area contributed by atoms with Crippen molar-refractivity contribution in [3.63, 3.8) is 0 Å². The Balaban J connectivity index is 2.94. The lowest BCUT2D eigenvalue weighted by Gasteiger charge is -2.16. The lowest BCUT2D eigenvalue weighted by Crippen LogP contribution is -2.21. The third-order valence-electron chi connectivity index (χ3n) is 2.43. The van der Waals surface area contributed by atoms with E-state index in [1.807, 2.05) is 33.3 Å². The summed E-state index contributed by atoms with van der Waals surface area (Å²) >= 11 is 0. The highest BCUT2D eigenvalue weighted by Gasteiger charge is 2.01. The summed E-state index contributed by atoms with van der Waals surface area (Å²) < 4.78 is 2.14. The van der Waals surface area contributed by atoms with Gasteiger partial charge in [0.1, 0.15) is 11.3 Å². The molecule has 3 nitrogen and oxygen atoms in total. The van der Waals surface area contributed by atoms with Gasteiger partial charge in [-0.1, -0.05) is 12.1 Å². The van der Waals surface area contributed by atoms with Gasteiger partial charge in [-0.15, -0.1) is 0 Å². The van der Waals surface area contributed by atoms with E-state index in [2.05, 4.69) is 38.6 Å². The van der Waals surface area contributed by atoms with E-state index in [9.17, 15) is 0 Å². The Bertz CT molecular complexity index is 533. The van der Waals surface area contributed by atoms with Crippen LogP contribution in [0.15, 0.2) is 41.4 Å². The van der Waals surface area contributed by atoms with E-state index in [0.717, 1.165) is 16.8 Å². The normalized spacial score (nSPS) is 12.1. The molecule has 0 aliphatic rings. The highest BCUT2D eigenvalue weighted by atomic mass is 15.2. The van der Waals surface area contributed by atoms with E-state index in [0.29, 0.717) is 0 Å². The van der Waals surface area contributed by atoms with Gasteiger partial charge in [-0.25, -0.2) is 0 Å². The molecule has 0 spiro atoms. The van der Waals surface area contributed by atoms with Crippen LogP contribution in [0.1, 0.15) is 0 Å². The minimum atomic E-state index is 0.969. The maximum absolute atomic E-state index is 4.28. The van der Waals surface area contributed by atoms with Gasteiger partial charge in [-0.05, 0) is 24.3 Å². The maximum Gasteiger partial charge on any atom is 0.133 e. The van der Waals surface area contributed by atoms with Crippen molar-refractivity contribution in [3.8, 4) is 0 Å². The molecule has 0 unspecified atom stereocenters. The van der Waals surface area contributed by atoms with E-state index in [4.69, 9.17) is 0 Å². The van der Waals surface area contributed by atoms with E-state index < -0.39 is 0 Å². The second kappa shape index (κ2) is 3.77. The van der Waals surface area contributed by atoms with Crippen LogP contribution >= 0.6 is 0 Å². The lowest BCUT2D eigenvalue weighted by molar-refractivity contribution is 0.959. The lowest BCUT2D eigenvalue weighted by atomic mass is 10.3. The zero-order chi connectivity index (χ0) is 10.8. The Morgan fingerprint density at radius 1 is 1.07 bits per heavy atom. The van der Waals surface area contributed by atoms with Crippen molar-refractivity contribution >= 4 is 11.3 Å². The van der Waals surface area contributed by atoms with Gasteiger partial charge < -0.3 is 4.90 Å². The fourth-order valence-corrected chi connectivity index (χ4v) is 1.72. The number of rotatable bonds is 1. The van der Waals surface area contributed by atoms with Crippen LogP contribution in [0.25, 0.3) is 5.52 Å². The predicted molar refractivity (Wildman–Crippen MR) is 63.2 cm³/mol. The average Bonchev–Trinajstić information content (AvgIpc) is 2.27. The first-order chi connectivity index (χ1) is 7.24. The average molecular weight is 201 g/mol. The predicted octanol–water partition coefficient (Wildman–Crippen LogP) is 1.54. The van der Waals surface area contributed by atoms with Crippen LogP contribution in [-0.2, 0) is 0 Å². The summed E-state index contributed by atoms with van der Waals surface area (Å²) in [4.78, 5) is 6.36. The van der Waals surface area contributed by atoms with E-state index in [-0.39, 0.29) is 0 Å². The van der Waals surface area contributed by atoms with Crippen LogP contribution in [0.4, 0.5) is 5.82 Å². The number of hydrogen-bond donors (Lipinski definition) is 0. The van der Waals surface area contributed by atoms with E-state index >= 15 is 0 Å². The largest absolute Gasteiger partial charge is 0.364 e. The Kier molecular flexibility index (Phi) is 2.46. The van der Waals surface area contributed by atoms with Gasteiger partial charge in [0.25, 0.3) is 0 Å². The quantitative estimate of drug-likeness (QED) is 0.685. The molecule has 78 valence electrons. The van der Waals surface area contributed by atoms with Gasteiger partial charge in [-0.3, -0.25) is 9.39 Å². The molecule has 0 bridgehead atoms. The molecule has 0 aliphatic heterocycles. The summed E-state index contributed by atoms with van der Waals surface area (Å²) in [7, 11) is 5.89. The molecule has 0 saturated heterocycles. The first kappa shape index (κ1) is 9.77. The minimum Gasteiger partial charge on any atom is -0.364 e. The fourth-order valence-electron chi connectivity index (χ4n) is 1.72. The highest BCUT2D eigenvalue weighted by molar-refractivity contribution is 5.54. The molecule has 0 aromatic carbocycles. The third kappa shape index (κ3) is 1.61. The summed E-state index contributed by atoms with van der Waals surface area (Å²) in [6, 6.07) is 12.4.